The number of amides is 2. The fraction of sp³-hybridized carbons (Fsp3) is 0.263. The molecule has 0 bridgehead atoms. The van der Waals surface area contributed by atoms with Crippen LogP contribution in [0, 0.1) is 0 Å². The van der Waals surface area contributed by atoms with Crippen LogP contribution in [-0.4, -0.2) is 22.8 Å². The Hall–Kier alpha value is -2.33. The van der Waals surface area contributed by atoms with Crippen LogP contribution in [0.15, 0.2) is 54.6 Å². The van der Waals surface area contributed by atoms with Gasteiger partial charge in [0.25, 0.3) is 0 Å². The Balaban J connectivity index is 1.96. The van der Waals surface area contributed by atoms with Gasteiger partial charge in [-0.1, -0.05) is 41.9 Å². The number of nitrogens with one attached hydrogen (secondary N) is 1. The van der Waals surface area contributed by atoms with E-state index in [9.17, 15) is 9.59 Å². The molecule has 0 radical (unpaired) electrons. The van der Waals surface area contributed by atoms with Crippen LogP contribution in [0.25, 0.3) is 0 Å². The van der Waals surface area contributed by atoms with Crippen molar-refractivity contribution in [1.29, 1.82) is 0 Å². The molecule has 0 atom stereocenters. The maximum atomic E-state index is 12.5. The van der Waals surface area contributed by atoms with E-state index in [0.717, 1.165) is 5.56 Å². The molecule has 24 heavy (non-hydrogen) atoms. The average Bonchev–Trinajstić information content (AvgIpc) is 2.55. The van der Waals surface area contributed by atoms with Gasteiger partial charge < -0.3 is 10.2 Å². The highest BCUT2D eigenvalue weighted by Gasteiger charge is 2.20. The van der Waals surface area contributed by atoms with Gasteiger partial charge in [0.15, 0.2) is 0 Å². The van der Waals surface area contributed by atoms with Crippen molar-refractivity contribution in [2.24, 2.45) is 0 Å². The summed E-state index contributed by atoms with van der Waals surface area (Å²) in [6, 6.07) is 16.5. The molecule has 0 spiro atoms. The fourth-order valence-electron chi connectivity index (χ4n) is 2.32. The zero-order valence-electron chi connectivity index (χ0n) is 13.8. The smallest absolute Gasteiger partial charge is 0.233 e. The molecule has 0 aliphatic rings. The van der Waals surface area contributed by atoms with Gasteiger partial charge in [-0.3, -0.25) is 9.59 Å². The van der Waals surface area contributed by atoms with Crippen LogP contribution < -0.4 is 5.32 Å². The van der Waals surface area contributed by atoms with Crippen LogP contribution in [0.5, 0.6) is 0 Å². The SMILES string of the molecule is CC(C)N(Cc1ccccc1)C(=O)CC(=O)Nc1ccc(Cl)cc1. The number of anilines is 1. The first-order valence-corrected chi connectivity index (χ1v) is 8.22. The van der Waals surface area contributed by atoms with Crippen LogP contribution in [0.1, 0.15) is 25.8 Å². The summed E-state index contributed by atoms with van der Waals surface area (Å²) >= 11 is 5.81. The molecule has 0 unspecified atom stereocenters. The second-order valence-corrected chi connectivity index (χ2v) is 6.27. The Labute approximate surface area is 147 Å². The number of benzene rings is 2. The highest BCUT2D eigenvalue weighted by atomic mass is 35.5. The van der Waals surface area contributed by atoms with Crippen molar-refractivity contribution < 1.29 is 9.59 Å². The molecule has 5 heteroatoms. The Morgan fingerprint density at radius 2 is 1.67 bits per heavy atom. The minimum absolute atomic E-state index is 0.0149. The summed E-state index contributed by atoms with van der Waals surface area (Å²) in [7, 11) is 0. The van der Waals surface area contributed by atoms with Crippen molar-refractivity contribution in [3.05, 3.63) is 65.2 Å². The van der Waals surface area contributed by atoms with E-state index >= 15 is 0 Å². The third-order valence-corrected chi connectivity index (χ3v) is 3.83. The summed E-state index contributed by atoms with van der Waals surface area (Å²) in [6.45, 7) is 4.38. The van der Waals surface area contributed by atoms with Gasteiger partial charge in [0.2, 0.25) is 11.8 Å². The number of rotatable bonds is 6. The largest absolute Gasteiger partial charge is 0.336 e. The van der Waals surface area contributed by atoms with Crippen LogP contribution in [-0.2, 0) is 16.1 Å². The van der Waals surface area contributed by atoms with E-state index in [4.69, 9.17) is 11.6 Å². The molecule has 0 fully saturated rings. The molecule has 0 heterocycles. The maximum absolute atomic E-state index is 12.5. The van der Waals surface area contributed by atoms with E-state index < -0.39 is 0 Å². The quantitative estimate of drug-likeness (QED) is 0.802. The topological polar surface area (TPSA) is 49.4 Å². The number of nitrogens with zero attached hydrogens (tertiary/aromatic N) is 1. The van der Waals surface area contributed by atoms with E-state index in [1.807, 2.05) is 44.2 Å². The standard InChI is InChI=1S/C19H21ClN2O2/c1-14(2)22(13-15-6-4-3-5-7-15)19(24)12-18(23)21-17-10-8-16(20)9-11-17/h3-11,14H,12-13H2,1-2H3,(H,21,23). The van der Waals surface area contributed by atoms with Crippen LogP contribution in [0.4, 0.5) is 5.69 Å². The van der Waals surface area contributed by atoms with Crippen LogP contribution >= 0.6 is 11.6 Å². The van der Waals surface area contributed by atoms with Crippen molar-refractivity contribution in [3.8, 4) is 0 Å². The second-order valence-electron chi connectivity index (χ2n) is 5.83. The molecule has 0 aliphatic heterocycles. The third-order valence-electron chi connectivity index (χ3n) is 3.58. The lowest BCUT2D eigenvalue weighted by Gasteiger charge is -2.26. The Morgan fingerprint density at radius 1 is 1.04 bits per heavy atom. The van der Waals surface area contributed by atoms with Crippen molar-refractivity contribution in [3.63, 3.8) is 0 Å². The number of carbonyl (C=O) groups excluding carboxylic acids is 2. The lowest BCUT2D eigenvalue weighted by atomic mass is 10.1. The zero-order chi connectivity index (χ0) is 17.5. The monoisotopic (exact) mass is 344 g/mol. The number of hydrogen-bond donors (Lipinski definition) is 1. The molecule has 2 aromatic rings. The molecule has 1 N–H and O–H groups in total. The van der Waals surface area contributed by atoms with E-state index in [0.29, 0.717) is 17.3 Å². The van der Waals surface area contributed by atoms with E-state index in [-0.39, 0.29) is 24.3 Å². The molecule has 4 nitrogen and oxygen atoms in total. The molecule has 2 rings (SSSR count). The summed E-state index contributed by atoms with van der Waals surface area (Å²) in [6.07, 6.45) is -0.187. The Bertz CT molecular complexity index is 684. The number of carbonyl (C=O) groups is 2. The lowest BCUT2D eigenvalue weighted by molar-refractivity contribution is -0.136. The van der Waals surface area contributed by atoms with Crippen LogP contribution in [0.2, 0.25) is 5.02 Å². The fourth-order valence-corrected chi connectivity index (χ4v) is 2.44. The van der Waals surface area contributed by atoms with Gasteiger partial charge in [-0.25, -0.2) is 0 Å². The maximum Gasteiger partial charge on any atom is 0.233 e. The van der Waals surface area contributed by atoms with Gasteiger partial charge in [0.05, 0.1) is 0 Å². The van der Waals surface area contributed by atoms with Gasteiger partial charge in [-0.15, -0.1) is 0 Å². The summed E-state index contributed by atoms with van der Waals surface area (Å²) in [5.41, 5.74) is 1.66. The first-order chi connectivity index (χ1) is 11.5. The Kier molecular flexibility index (Phi) is 6.38. The van der Waals surface area contributed by atoms with Gasteiger partial charge in [0.1, 0.15) is 6.42 Å². The van der Waals surface area contributed by atoms with Crippen LogP contribution in [0.3, 0.4) is 0 Å². The molecular formula is C19H21ClN2O2. The van der Waals surface area contributed by atoms with Gasteiger partial charge in [-0.2, -0.15) is 0 Å². The third kappa shape index (κ3) is 5.39. The van der Waals surface area contributed by atoms with Crippen molar-refractivity contribution in [2.45, 2.75) is 32.9 Å². The summed E-state index contributed by atoms with van der Waals surface area (Å²) < 4.78 is 0. The summed E-state index contributed by atoms with van der Waals surface area (Å²) in [5, 5.41) is 3.31. The predicted molar refractivity (Wildman–Crippen MR) is 96.8 cm³/mol. The first kappa shape index (κ1) is 18.0. The van der Waals surface area contributed by atoms with E-state index in [2.05, 4.69) is 5.32 Å². The zero-order valence-corrected chi connectivity index (χ0v) is 14.6. The normalized spacial score (nSPS) is 10.5. The van der Waals surface area contributed by atoms with Gasteiger partial charge in [0, 0.05) is 23.3 Å². The minimum Gasteiger partial charge on any atom is -0.336 e. The summed E-state index contributed by atoms with van der Waals surface area (Å²) in [4.78, 5) is 26.3. The Morgan fingerprint density at radius 3 is 2.25 bits per heavy atom. The van der Waals surface area contributed by atoms with E-state index in [1.165, 1.54) is 0 Å². The predicted octanol–water partition coefficient (Wildman–Crippen LogP) is 4.11. The molecule has 2 amide bonds. The molecule has 2 aromatic carbocycles. The van der Waals surface area contributed by atoms with Crippen molar-refractivity contribution >= 4 is 29.1 Å². The molecule has 0 aliphatic carbocycles. The van der Waals surface area contributed by atoms with Gasteiger partial charge >= 0.3 is 0 Å². The molecule has 126 valence electrons. The number of hydrogen-bond acceptors (Lipinski definition) is 2. The highest BCUT2D eigenvalue weighted by molar-refractivity contribution is 6.30. The molecular weight excluding hydrogens is 324 g/mol. The lowest BCUT2D eigenvalue weighted by Crippen LogP contribution is -2.38. The van der Waals surface area contributed by atoms with E-state index in [1.54, 1.807) is 29.2 Å². The highest BCUT2D eigenvalue weighted by Crippen LogP contribution is 2.14. The second kappa shape index (κ2) is 8.50. The minimum atomic E-state index is -0.332. The first-order valence-electron chi connectivity index (χ1n) is 7.84. The molecule has 0 aromatic heterocycles. The van der Waals surface area contributed by atoms with Crippen molar-refractivity contribution in [1.82, 2.24) is 4.90 Å². The summed E-state index contributed by atoms with van der Waals surface area (Å²) in [5.74, 6) is -0.527. The van der Waals surface area contributed by atoms with Crippen molar-refractivity contribution in [2.75, 3.05) is 5.32 Å². The average molecular weight is 345 g/mol. The molecule has 0 saturated heterocycles. The number of halogens is 1. The van der Waals surface area contributed by atoms with Gasteiger partial charge in [-0.05, 0) is 43.7 Å². The molecule has 0 saturated carbocycles.